The summed E-state index contributed by atoms with van der Waals surface area (Å²) in [4.78, 5) is 19.9. The number of fused-ring (bicyclic) bond motifs is 9. The van der Waals surface area contributed by atoms with E-state index in [1.54, 1.807) is 0 Å². The summed E-state index contributed by atoms with van der Waals surface area (Å²) in [5.74, 6) is 0. The van der Waals surface area contributed by atoms with E-state index in [0.717, 1.165) is 44.8 Å². The Morgan fingerprint density at radius 2 is 0.818 bits per heavy atom. The summed E-state index contributed by atoms with van der Waals surface area (Å²) in [6.07, 6.45) is 0. The van der Waals surface area contributed by atoms with Crippen LogP contribution >= 0.6 is 0 Å². The van der Waals surface area contributed by atoms with Crippen molar-refractivity contribution in [3.05, 3.63) is 69.3 Å². The van der Waals surface area contributed by atoms with Crippen molar-refractivity contribution >= 4 is 44.4 Å². The van der Waals surface area contributed by atoms with Gasteiger partial charge in [0.05, 0.1) is 22.8 Å². The molecule has 33 heavy (non-hydrogen) atoms. The Morgan fingerprint density at radius 1 is 0.485 bits per heavy atom. The molecule has 0 N–H and O–H groups in total. The second-order valence-electron chi connectivity index (χ2n) is 9.08. The van der Waals surface area contributed by atoms with Gasteiger partial charge in [-0.2, -0.15) is 0 Å². The third-order valence-electron chi connectivity index (χ3n) is 7.38. The van der Waals surface area contributed by atoms with Gasteiger partial charge in [-0.05, 0) is 89.8 Å². The third-order valence-corrected chi connectivity index (χ3v) is 7.38. The van der Waals surface area contributed by atoms with E-state index in [9.17, 15) is 0 Å². The molecule has 0 amide bonds. The Balaban J connectivity index is 0.00000259. The summed E-state index contributed by atoms with van der Waals surface area (Å²) in [5, 5.41) is 0. The number of aryl methyl sites for hydroxylation is 4. The SMILES string of the molecule is CC1=C(C)c2cc3[n-]c(c(C)c3C)c3[n-]c(cc4nc(ccc1n2)C(C)=C4C)c(C)c3C.[Fe+2]. The Bertz CT molecular complexity index is 1430. The molecule has 0 aromatic carbocycles. The first kappa shape index (κ1) is 23.3. The van der Waals surface area contributed by atoms with Crippen LogP contribution < -0.4 is 9.97 Å². The van der Waals surface area contributed by atoms with E-state index in [2.05, 4.69) is 79.7 Å². The van der Waals surface area contributed by atoms with Crippen molar-refractivity contribution in [1.82, 2.24) is 19.9 Å². The quantitative estimate of drug-likeness (QED) is 0.339. The van der Waals surface area contributed by atoms with Crippen LogP contribution in [0.2, 0.25) is 0 Å². The van der Waals surface area contributed by atoms with Gasteiger partial charge >= 0.3 is 17.1 Å². The molecule has 8 bridgehead atoms. The van der Waals surface area contributed by atoms with Gasteiger partial charge in [0.1, 0.15) is 0 Å². The van der Waals surface area contributed by atoms with Gasteiger partial charge in [0.15, 0.2) is 0 Å². The van der Waals surface area contributed by atoms with Gasteiger partial charge in [0.25, 0.3) is 0 Å². The molecule has 4 nitrogen and oxygen atoms in total. The van der Waals surface area contributed by atoms with Crippen molar-refractivity contribution in [2.45, 2.75) is 55.4 Å². The monoisotopic (exact) mass is 476 g/mol. The van der Waals surface area contributed by atoms with Crippen molar-refractivity contribution < 1.29 is 17.1 Å². The zero-order valence-corrected chi connectivity index (χ0v) is 21.6. The predicted octanol–water partition coefficient (Wildman–Crippen LogP) is 6.71. The van der Waals surface area contributed by atoms with Gasteiger partial charge in [0.2, 0.25) is 0 Å². The van der Waals surface area contributed by atoms with Gasteiger partial charge in [-0.15, -0.1) is 22.1 Å². The standard InChI is InChI=1S/C28H28N4.Fe/c1-13-15(3)23-11-25-17(5)19(7)27(31-25)28-20(8)18(6)26(32-28)12-24-16(4)14(2)22(30-24)10-9-21(13)29-23;/h9-12H,1-8H3;/q-2;+2. The van der Waals surface area contributed by atoms with Crippen molar-refractivity contribution in [2.24, 2.45) is 0 Å². The Hall–Kier alpha value is -2.88. The molecule has 0 saturated heterocycles. The molecule has 2 aliphatic heterocycles. The maximum absolute atomic E-state index is 5.03. The molecule has 5 heteroatoms. The van der Waals surface area contributed by atoms with Gasteiger partial charge in [-0.25, -0.2) is 9.97 Å². The normalized spacial score (nSPS) is 13.6. The fourth-order valence-electron chi connectivity index (χ4n) is 4.44. The molecule has 3 aromatic heterocycles. The van der Waals surface area contributed by atoms with E-state index >= 15 is 0 Å². The summed E-state index contributed by atoms with van der Waals surface area (Å²) in [7, 11) is 0. The minimum absolute atomic E-state index is 0. The van der Waals surface area contributed by atoms with Gasteiger partial charge < -0.3 is 9.97 Å². The number of aromatic nitrogens is 4. The number of rotatable bonds is 0. The average Bonchev–Trinajstić information content (AvgIpc) is 3.40. The van der Waals surface area contributed by atoms with Crippen LogP contribution in [0, 0.1) is 27.7 Å². The molecule has 0 radical (unpaired) electrons. The first-order valence-corrected chi connectivity index (χ1v) is 11.1. The van der Waals surface area contributed by atoms with Crippen LogP contribution in [0.5, 0.6) is 0 Å². The van der Waals surface area contributed by atoms with Crippen molar-refractivity contribution in [3.8, 4) is 0 Å². The van der Waals surface area contributed by atoms with Gasteiger partial charge in [0, 0.05) is 0 Å². The van der Waals surface area contributed by atoms with Crippen molar-refractivity contribution in [2.75, 3.05) is 0 Å². The zero-order chi connectivity index (χ0) is 22.9. The van der Waals surface area contributed by atoms with Crippen LogP contribution in [0.4, 0.5) is 0 Å². The van der Waals surface area contributed by atoms with Crippen molar-refractivity contribution in [3.63, 3.8) is 0 Å². The largest absolute Gasteiger partial charge is 2.00 e. The van der Waals surface area contributed by atoms with E-state index in [1.807, 2.05) is 0 Å². The van der Waals surface area contributed by atoms with Crippen LogP contribution in [0.3, 0.4) is 0 Å². The van der Waals surface area contributed by atoms with Gasteiger partial charge in [-0.1, -0.05) is 34.4 Å². The Labute approximate surface area is 205 Å². The first-order valence-electron chi connectivity index (χ1n) is 11.1. The summed E-state index contributed by atoms with van der Waals surface area (Å²) in [6, 6.07) is 8.40. The van der Waals surface area contributed by atoms with Crippen LogP contribution in [-0.2, 0) is 17.1 Å². The number of hydrogen-bond acceptors (Lipinski definition) is 2. The maximum Gasteiger partial charge on any atom is 2.00 e. The number of allylic oxidation sites excluding steroid dienone is 4. The maximum atomic E-state index is 5.03. The number of nitrogens with zero attached hydrogens (tertiary/aromatic N) is 4. The topological polar surface area (TPSA) is 54.0 Å². The average molecular weight is 476 g/mol. The van der Waals surface area contributed by atoms with Crippen LogP contribution in [0.25, 0.3) is 44.4 Å². The Kier molecular flexibility index (Phi) is 5.76. The second-order valence-corrected chi connectivity index (χ2v) is 9.08. The van der Waals surface area contributed by atoms with E-state index in [4.69, 9.17) is 19.9 Å². The molecule has 0 aliphatic carbocycles. The number of hydrogen-bond donors (Lipinski definition) is 0. The molecule has 0 spiro atoms. The van der Waals surface area contributed by atoms with E-state index in [0.29, 0.717) is 0 Å². The minimum atomic E-state index is 0. The first-order chi connectivity index (χ1) is 15.2. The van der Waals surface area contributed by atoms with Crippen LogP contribution in [0.1, 0.15) is 72.7 Å². The molecule has 5 rings (SSSR count). The molecule has 168 valence electrons. The molecule has 0 fully saturated rings. The molecular weight excluding hydrogens is 448 g/mol. The molecular formula is C28H28FeN4. The van der Waals surface area contributed by atoms with E-state index in [-0.39, 0.29) is 17.1 Å². The fourth-order valence-corrected chi connectivity index (χ4v) is 4.44. The van der Waals surface area contributed by atoms with Crippen LogP contribution in [0.15, 0.2) is 24.3 Å². The summed E-state index contributed by atoms with van der Waals surface area (Å²) in [5.41, 5.74) is 17.3. The van der Waals surface area contributed by atoms with E-state index < -0.39 is 0 Å². The van der Waals surface area contributed by atoms with Crippen molar-refractivity contribution in [1.29, 1.82) is 0 Å². The molecule has 3 aromatic rings. The molecule has 0 atom stereocenters. The minimum Gasteiger partial charge on any atom is -0.658 e. The molecule has 5 heterocycles. The van der Waals surface area contributed by atoms with Gasteiger partial charge in [-0.3, -0.25) is 0 Å². The summed E-state index contributed by atoms with van der Waals surface area (Å²) >= 11 is 0. The smallest absolute Gasteiger partial charge is 0.658 e. The molecule has 0 saturated carbocycles. The summed E-state index contributed by atoms with van der Waals surface area (Å²) < 4.78 is 0. The van der Waals surface area contributed by atoms with E-state index in [1.165, 1.54) is 44.5 Å². The molecule has 2 aliphatic rings. The molecule has 0 unspecified atom stereocenters. The third kappa shape index (κ3) is 3.51. The van der Waals surface area contributed by atoms with Crippen LogP contribution in [-0.4, -0.2) is 9.97 Å². The Morgan fingerprint density at radius 3 is 1.18 bits per heavy atom. The predicted molar refractivity (Wildman–Crippen MR) is 134 cm³/mol. The fraction of sp³-hybridized carbons (Fsp3) is 0.286. The second kappa shape index (κ2) is 8.16. The summed E-state index contributed by atoms with van der Waals surface area (Å²) in [6.45, 7) is 17.1. The zero-order valence-electron chi connectivity index (χ0n) is 20.5.